The number of benzene rings is 3. The second-order valence-corrected chi connectivity index (χ2v) is 9.41. The van der Waals surface area contributed by atoms with Crippen LogP contribution >= 0.6 is 0 Å². The number of hydrogen-bond acceptors (Lipinski definition) is 7. The highest BCUT2D eigenvalue weighted by atomic mass is 16.7. The Balaban J connectivity index is 1.75. The summed E-state index contributed by atoms with van der Waals surface area (Å²) >= 11 is 0. The molecule has 2 aliphatic rings. The van der Waals surface area contributed by atoms with Crippen LogP contribution in [0.1, 0.15) is 50.5 Å². The van der Waals surface area contributed by atoms with Crippen molar-refractivity contribution >= 4 is 11.5 Å². The molecule has 0 N–H and O–H groups in total. The van der Waals surface area contributed by atoms with Gasteiger partial charge in [0.2, 0.25) is 6.79 Å². The minimum Gasteiger partial charge on any atom is -0.497 e. The van der Waals surface area contributed by atoms with E-state index in [1.54, 1.807) is 7.11 Å². The van der Waals surface area contributed by atoms with Gasteiger partial charge in [0.25, 0.3) is 0 Å². The molecule has 0 spiro atoms. The van der Waals surface area contributed by atoms with Gasteiger partial charge in [0.15, 0.2) is 17.6 Å². The average Bonchev–Trinajstić information content (AvgIpc) is 3.35. The number of rotatable bonds is 7. The Morgan fingerprint density at radius 3 is 2.24 bits per heavy atom. The van der Waals surface area contributed by atoms with E-state index < -0.39 is 12.1 Å². The highest BCUT2D eigenvalue weighted by molar-refractivity contribution is 6.05. The van der Waals surface area contributed by atoms with E-state index in [9.17, 15) is 4.79 Å². The summed E-state index contributed by atoms with van der Waals surface area (Å²) in [5.41, 5.74) is 3.43. The molecular formula is C30H30O7. The molecule has 0 radical (unpaired) electrons. The van der Waals surface area contributed by atoms with Gasteiger partial charge in [-0.05, 0) is 75.7 Å². The molecule has 0 aliphatic carbocycles. The zero-order chi connectivity index (χ0) is 26.1. The minimum atomic E-state index is -0.734. The van der Waals surface area contributed by atoms with Crippen molar-refractivity contribution in [2.45, 2.75) is 46.0 Å². The van der Waals surface area contributed by atoms with Crippen LogP contribution in [0.4, 0.5) is 0 Å². The zero-order valence-corrected chi connectivity index (χ0v) is 21.6. The van der Waals surface area contributed by atoms with Crippen LogP contribution in [0.5, 0.6) is 28.7 Å². The maximum atomic E-state index is 13.7. The van der Waals surface area contributed by atoms with Gasteiger partial charge < -0.3 is 28.4 Å². The van der Waals surface area contributed by atoms with E-state index in [-0.39, 0.29) is 19.0 Å². The minimum absolute atomic E-state index is 0.0114. The second-order valence-electron chi connectivity index (χ2n) is 9.41. The largest absolute Gasteiger partial charge is 0.497 e. The Morgan fingerprint density at radius 2 is 1.54 bits per heavy atom. The summed E-state index contributed by atoms with van der Waals surface area (Å²) < 4.78 is 34.7. The first-order chi connectivity index (χ1) is 17.8. The Kier molecular flexibility index (Phi) is 6.70. The molecule has 2 heterocycles. The number of fused-ring (bicyclic) bond motifs is 2. The average molecular weight is 503 g/mol. The van der Waals surface area contributed by atoms with Crippen LogP contribution in [0.15, 0.2) is 66.2 Å². The SMILES string of the molecule is COc1ccc(C2=C(C(=O)OC(C)C)C(c3ccc4c(c3)OCO4)Oc3ccc(OC(C)C)cc32)cc1. The highest BCUT2D eigenvalue weighted by Crippen LogP contribution is 2.48. The van der Waals surface area contributed by atoms with Gasteiger partial charge in [0.05, 0.1) is 24.9 Å². The van der Waals surface area contributed by atoms with Crippen LogP contribution < -0.4 is 23.7 Å². The lowest BCUT2D eigenvalue weighted by molar-refractivity contribution is -0.143. The molecule has 3 aromatic rings. The Bertz CT molecular complexity index is 1340. The Labute approximate surface area is 216 Å². The van der Waals surface area contributed by atoms with E-state index >= 15 is 0 Å². The van der Waals surface area contributed by atoms with Crippen molar-refractivity contribution in [2.75, 3.05) is 13.9 Å². The van der Waals surface area contributed by atoms with Crippen molar-refractivity contribution in [1.29, 1.82) is 0 Å². The number of methoxy groups -OCH3 is 1. The molecule has 192 valence electrons. The normalized spacial score (nSPS) is 15.9. The van der Waals surface area contributed by atoms with Crippen molar-refractivity contribution in [3.8, 4) is 28.7 Å². The molecule has 3 aromatic carbocycles. The van der Waals surface area contributed by atoms with Gasteiger partial charge in [-0.15, -0.1) is 0 Å². The number of ether oxygens (including phenoxy) is 6. The predicted octanol–water partition coefficient (Wildman–Crippen LogP) is 6.10. The topological polar surface area (TPSA) is 72.5 Å². The van der Waals surface area contributed by atoms with Crippen molar-refractivity contribution in [1.82, 2.24) is 0 Å². The smallest absolute Gasteiger partial charge is 0.339 e. The molecule has 2 aliphatic heterocycles. The fourth-order valence-electron chi connectivity index (χ4n) is 4.48. The van der Waals surface area contributed by atoms with Crippen LogP contribution in [0.3, 0.4) is 0 Å². The number of esters is 1. The van der Waals surface area contributed by atoms with Gasteiger partial charge in [-0.1, -0.05) is 18.2 Å². The molecule has 7 heteroatoms. The van der Waals surface area contributed by atoms with E-state index in [4.69, 9.17) is 28.4 Å². The molecular weight excluding hydrogens is 472 g/mol. The van der Waals surface area contributed by atoms with Crippen molar-refractivity contribution in [3.05, 3.63) is 82.9 Å². The fraction of sp³-hybridized carbons (Fsp3) is 0.300. The molecule has 7 nitrogen and oxygen atoms in total. The van der Waals surface area contributed by atoms with Crippen LogP contribution in [0.2, 0.25) is 0 Å². The maximum absolute atomic E-state index is 13.7. The second kappa shape index (κ2) is 10.1. The van der Waals surface area contributed by atoms with Crippen LogP contribution in [-0.4, -0.2) is 32.1 Å². The van der Waals surface area contributed by atoms with Gasteiger partial charge in [-0.2, -0.15) is 0 Å². The standard InChI is InChI=1S/C30H30O7/c1-17(2)35-22-11-13-24-23(15-22)27(19-6-9-21(32-5)10-7-19)28(30(31)36-18(3)4)29(37-24)20-8-12-25-26(14-20)34-16-33-25/h6-15,17-18,29H,16H2,1-5H3. The van der Waals surface area contributed by atoms with Gasteiger partial charge in [-0.25, -0.2) is 4.79 Å². The quantitative estimate of drug-likeness (QED) is 0.362. The summed E-state index contributed by atoms with van der Waals surface area (Å²) in [7, 11) is 1.62. The molecule has 0 saturated heterocycles. The molecule has 0 aromatic heterocycles. The van der Waals surface area contributed by atoms with Crippen LogP contribution in [0.25, 0.3) is 5.57 Å². The first-order valence-electron chi connectivity index (χ1n) is 12.3. The lowest BCUT2D eigenvalue weighted by Gasteiger charge is -2.31. The predicted molar refractivity (Wildman–Crippen MR) is 138 cm³/mol. The molecule has 37 heavy (non-hydrogen) atoms. The van der Waals surface area contributed by atoms with Crippen molar-refractivity contribution in [2.24, 2.45) is 0 Å². The van der Waals surface area contributed by atoms with Crippen molar-refractivity contribution in [3.63, 3.8) is 0 Å². The third-order valence-electron chi connectivity index (χ3n) is 6.01. The van der Waals surface area contributed by atoms with Gasteiger partial charge in [0, 0.05) is 16.7 Å². The Hall–Kier alpha value is -4.13. The maximum Gasteiger partial charge on any atom is 0.339 e. The third-order valence-corrected chi connectivity index (χ3v) is 6.01. The first kappa shape index (κ1) is 24.6. The van der Waals surface area contributed by atoms with E-state index in [1.807, 2.05) is 88.4 Å². The molecule has 0 amide bonds. The zero-order valence-electron chi connectivity index (χ0n) is 21.6. The number of carbonyl (C=O) groups excluding carboxylic acids is 1. The summed E-state index contributed by atoms with van der Waals surface area (Å²) in [4.78, 5) is 13.7. The van der Waals surface area contributed by atoms with E-state index in [0.29, 0.717) is 39.9 Å². The van der Waals surface area contributed by atoms with Gasteiger partial charge >= 0.3 is 5.97 Å². The Morgan fingerprint density at radius 1 is 0.838 bits per heavy atom. The number of carbonyl (C=O) groups is 1. The molecule has 1 unspecified atom stereocenters. The lowest BCUT2D eigenvalue weighted by atomic mass is 9.85. The molecule has 0 bridgehead atoms. The fourth-order valence-corrected chi connectivity index (χ4v) is 4.48. The van der Waals surface area contributed by atoms with E-state index in [2.05, 4.69) is 0 Å². The summed E-state index contributed by atoms with van der Waals surface area (Å²) in [6.45, 7) is 7.75. The van der Waals surface area contributed by atoms with Crippen LogP contribution in [0, 0.1) is 0 Å². The molecule has 1 atom stereocenters. The summed E-state index contributed by atoms with van der Waals surface area (Å²) in [6, 6.07) is 18.8. The van der Waals surface area contributed by atoms with Crippen molar-refractivity contribution < 1.29 is 33.2 Å². The van der Waals surface area contributed by atoms with Crippen LogP contribution in [-0.2, 0) is 9.53 Å². The lowest BCUT2D eigenvalue weighted by Crippen LogP contribution is -2.26. The molecule has 0 saturated carbocycles. The first-order valence-corrected chi connectivity index (χ1v) is 12.3. The number of hydrogen-bond donors (Lipinski definition) is 0. The molecule has 5 rings (SSSR count). The third kappa shape index (κ3) is 4.94. The summed E-state index contributed by atoms with van der Waals surface area (Å²) in [5.74, 6) is 2.83. The summed E-state index contributed by atoms with van der Waals surface area (Å²) in [5, 5.41) is 0. The highest BCUT2D eigenvalue weighted by Gasteiger charge is 2.37. The van der Waals surface area contributed by atoms with Gasteiger partial charge in [-0.3, -0.25) is 0 Å². The van der Waals surface area contributed by atoms with E-state index in [0.717, 1.165) is 16.7 Å². The van der Waals surface area contributed by atoms with Gasteiger partial charge in [0.1, 0.15) is 17.2 Å². The summed E-state index contributed by atoms with van der Waals surface area (Å²) in [6.07, 6.45) is -1.06. The van der Waals surface area contributed by atoms with E-state index in [1.165, 1.54) is 0 Å². The molecule has 0 fully saturated rings. The monoisotopic (exact) mass is 502 g/mol.